The average molecular weight is 317 g/mol. The first-order chi connectivity index (χ1) is 11.4. The van der Waals surface area contributed by atoms with E-state index < -0.39 is 0 Å². The van der Waals surface area contributed by atoms with Crippen LogP contribution < -0.4 is 0 Å². The summed E-state index contributed by atoms with van der Waals surface area (Å²) < 4.78 is 16.4. The molecule has 2 unspecified atom stereocenters. The Labute approximate surface area is 139 Å². The monoisotopic (exact) mass is 317 g/mol. The Morgan fingerprint density at radius 1 is 1.13 bits per heavy atom. The first-order valence-electron chi connectivity index (χ1n) is 8.50. The summed E-state index contributed by atoms with van der Waals surface area (Å²) in [7, 11) is 1.70. The molecule has 4 heteroatoms. The van der Waals surface area contributed by atoms with E-state index in [2.05, 4.69) is 41.3 Å². The zero-order chi connectivity index (χ0) is 15.9. The van der Waals surface area contributed by atoms with Crippen molar-refractivity contribution in [3.05, 3.63) is 47.5 Å². The van der Waals surface area contributed by atoms with Crippen LogP contribution in [0.25, 0.3) is 0 Å². The van der Waals surface area contributed by atoms with Crippen LogP contribution in [0.5, 0.6) is 0 Å². The number of methoxy groups -OCH3 is 1. The zero-order valence-electron chi connectivity index (χ0n) is 13.9. The third-order valence-corrected chi connectivity index (χ3v) is 4.63. The largest absolute Gasteiger partial charge is 0.382 e. The molecule has 2 heterocycles. The molecule has 0 spiro atoms. The molecule has 4 nitrogen and oxygen atoms in total. The minimum Gasteiger partial charge on any atom is -0.382 e. The Morgan fingerprint density at radius 2 is 2.00 bits per heavy atom. The second kappa shape index (κ2) is 8.60. The van der Waals surface area contributed by atoms with Crippen LogP contribution >= 0.6 is 0 Å². The Morgan fingerprint density at radius 3 is 2.78 bits per heavy atom. The Kier molecular flexibility index (Phi) is 6.22. The van der Waals surface area contributed by atoms with Crippen molar-refractivity contribution in [1.82, 2.24) is 4.90 Å². The molecule has 0 aliphatic carbocycles. The van der Waals surface area contributed by atoms with Gasteiger partial charge in [-0.25, -0.2) is 0 Å². The lowest BCUT2D eigenvalue weighted by atomic mass is 9.92. The highest BCUT2D eigenvalue weighted by molar-refractivity contribution is 5.20. The molecule has 23 heavy (non-hydrogen) atoms. The van der Waals surface area contributed by atoms with Gasteiger partial charge in [-0.2, -0.15) is 0 Å². The van der Waals surface area contributed by atoms with Crippen molar-refractivity contribution in [1.29, 1.82) is 0 Å². The minimum absolute atomic E-state index is 0.400. The molecule has 2 bridgehead atoms. The van der Waals surface area contributed by atoms with Crippen LogP contribution in [0.2, 0.25) is 0 Å². The lowest BCUT2D eigenvalue weighted by Gasteiger charge is -2.44. The standard InChI is InChI=1S/C19H27NO3/c1-21-9-10-22-8-7-17-11-18-14-23-15-19(12-17)20(18)13-16-5-3-2-4-6-16/h2-6,11,18-19H,7-10,12-15H2,1H3. The third-order valence-electron chi connectivity index (χ3n) is 4.63. The van der Waals surface area contributed by atoms with Crippen LogP contribution in [0.1, 0.15) is 18.4 Å². The number of hydrogen-bond donors (Lipinski definition) is 0. The van der Waals surface area contributed by atoms with Crippen LogP contribution in [0.15, 0.2) is 42.0 Å². The smallest absolute Gasteiger partial charge is 0.0700 e. The maximum atomic E-state index is 5.78. The molecule has 1 aromatic carbocycles. The number of nitrogens with zero attached hydrogens (tertiary/aromatic N) is 1. The lowest BCUT2D eigenvalue weighted by molar-refractivity contribution is -0.0447. The molecule has 0 N–H and O–H groups in total. The average Bonchev–Trinajstić information content (AvgIpc) is 2.56. The van der Waals surface area contributed by atoms with Crippen molar-refractivity contribution in [2.75, 3.05) is 40.1 Å². The van der Waals surface area contributed by atoms with Gasteiger partial charge >= 0.3 is 0 Å². The van der Waals surface area contributed by atoms with E-state index >= 15 is 0 Å². The highest BCUT2D eigenvalue weighted by Crippen LogP contribution is 2.29. The van der Waals surface area contributed by atoms with E-state index in [0.717, 1.165) is 39.2 Å². The fourth-order valence-electron chi connectivity index (χ4n) is 3.42. The predicted molar refractivity (Wildman–Crippen MR) is 90.4 cm³/mol. The summed E-state index contributed by atoms with van der Waals surface area (Å²) in [4.78, 5) is 2.59. The SMILES string of the molecule is COCCOCCC1=CC2COCC(C1)N2Cc1ccccc1. The van der Waals surface area contributed by atoms with Crippen molar-refractivity contribution in [2.45, 2.75) is 31.5 Å². The molecule has 1 saturated heterocycles. The van der Waals surface area contributed by atoms with Gasteiger partial charge in [0.1, 0.15) is 0 Å². The van der Waals surface area contributed by atoms with Crippen LogP contribution in [0.3, 0.4) is 0 Å². The van der Waals surface area contributed by atoms with Crippen LogP contribution in [0, 0.1) is 0 Å². The van der Waals surface area contributed by atoms with Crippen molar-refractivity contribution in [2.24, 2.45) is 0 Å². The molecule has 3 rings (SSSR count). The number of rotatable bonds is 8. The number of fused-ring (bicyclic) bond motifs is 2. The highest BCUT2D eigenvalue weighted by Gasteiger charge is 2.34. The van der Waals surface area contributed by atoms with Gasteiger partial charge < -0.3 is 14.2 Å². The first kappa shape index (κ1) is 16.7. The molecule has 2 atom stereocenters. The Hall–Kier alpha value is -1.20. The second-order valence-corrected chi connectivity index (χ2v) is 6.30. The molecule has 2 aliphatic heterocycles. The minimum atomic E-state index is 0.400. The van der Waals surface area contributed by atoms with E-state index in [-0.39, 0.29) is 0 Å². The second-order valence-electron chi connectivity index (χ2n) is 6.30. The Bertz CT molecular complexity index is 503. The maximum Gasteiger partial charge on any atom is 0.0700 e. The van der Waals surface area contributed by atoms with Crippen molar-refractivity contribution in [3.8, 4) is 0 Å². The van der Waals surface area contributed by atoms with Crippen molar-refractivity contribution >= 4 is 0 Å². The van der Waals surface area contributed by atoms with Crippen molar-refractivity contribution in [3.63, 3.8) is 0 Å². The van der Waals surface area contributed by atoms with Gasteiger partial charge in [0.05, 0.1) is 39.1 Å². The summed E-state index contributed by atoms with van der Waals surface area (Å²) in [6, 6.07) is 11.6. The molecular formula is C19H27NO3. The molecule has 2 aliphatic rings. The molecular weight excluding hydrogens is 290 g/mol. The molecule has 1 fully saturated rings. The topological polar surface area (TPSA) is 30.9 Å². The number of morpholine rings is 1. The Balaban J connectivity index is 1.56. The first-order valence-corrected chi connectivity index (χ1v) is 8.50. The van der Waals surface area contributed by atoms with Gasteiger partial charge in [0.25, 0.3) is 0 Å². The van der Waals surface area contributed by atoms with Gasteiger partial charge in [0.15, 0.2) is 0 Å². The van der Waals surface area contributed by atoms with Gasteiger partial charge in [0.2, 0.25) is 0 Å². The van der Waals surface area contributed by atoms with E-state index in [1.54, 1.807) is 7.11 Å². The summed E-state index contributed by atoms with van der Waals surface area (Å²) in [5.74, 6) is 0. The zero-order valence-corrected chi connectivity index (χ0v) is 13.9. The maximum absolute atomic E-state index is 5.78. The molecule has 1 aromatic rings. The molecule has 126 valence electrons. The van der Waals surface area contributed by atoms with Crippen molar-refractivity contribution < 1.29 is 14.2 Å². The van der Waals surface area contributed by atoms with Gasteiger partial charge in [0, 0.05) is 19.7 Å². The van der Waals surface area contributed by atoms with Crippen LogP contribution in [0.4, 0.5) is 0 Å². The number of hydrogen-bond acceptors (Lipinski definition) is 4. The van der Waals surface area contributed by atoms with Gasteiger partial charge in [-0.05, 0) is 18.4 Å². The lowest BCUT2D eigenvalue weighted by Crippen LogP contribution is -2.53. The molecule has 0 saturated carbocycles. The van der Waals surface area contributed by atoms with E-state index in [0.29, 0.717) is 25.3 Å². The van der Waals surface area contributed by atoms with E-state index in [4.69, 9.17) is 14.2 Å². The summed E-state index contributed by atoms with van der Waals surface area (Å²) in [5, 5.41) is 0. The fraction of sp³-hybridized carbons (Fsp3) is 0.579. The van der Waals surface area contributed by atoms with Gasteiger partial charge in [-0.1, -0.05) is 42.0 Å². The van der Waals surface area contributed by atoms with E-state index in [1.165, 1.54) is 11.1 Å². The van der Waals surface area contributed by atoms with E-state index in [9.17, 15) is 0 Å². The molecule has 0 aromatic heterocycles. The quantitative estimate of drug-likeness (QED) is 0.545. The van der Waals surface area contributed by atoms with Crippen LogP contribution in [-0.2, 0) is 20.8 Å². The number of benzene rings is 1. The predicted octanol–water partition coefficient (Wildman–Crippen LogP) is 2.64. The third kappa shape index (κ3) is 4.64. The molecule has 0 amide bonds. The summed E-state index contributed by atoms with van der Waals surface area (Å²) in [6.45, 7) is 4.78. The van der Waals surface area contributed by atoms with Gasteiger partial charge in [-0.3, -0.25) is 4.90 Å². The normalized spacial score (nSPS) is 24.5. The highest BCUT2D eigenvalue weighted by atomic mass is 16.5. The number of ether oxygens (including phenoxy) is 3. The van der Waals surface area contributed by atoms with E-state index in [1.807, 2.05) is 0 Å². The molecule has 0 radical (unpaired) electrons. The summed E-state index contributed by atoms with van der Waals surface area (Å²) >= 11 is 0. The van der Waals surface area contributed by atoms with Gasteiger partial charge in [-0.15, -0.1) is 0 Å². The summed E-state index contributed by atoms with van der Waals surface area (Å²) in [5.41, 5.74) is 2.90. The summed E-state index contributed by atoms with van der Waals surface area (Å²) in [6.07, 6.45) is 4.52. The fourth-order valence-corrected chi connectivity index (χ4v) is 3.42. The van der Waals surface area contributed by atoms with Crippen LogP contribution in [-0.4, -0.2) is 57.1 Å².